The molecule has 0 atom stereocenters. The van der Waals surface area contributed by atoms with E-state index in [0.717, 1.165) is 6.08 Å². The molecule has 0 saturated carbocycles. The van der Waals surface area contributed by atoms with Crippen LogP contribution in [-0.4, -0.2) is 42.5 Å². The predicted molar refractivity (Wildman–Crippen MR) is 104 cm³/mol. The third-order valence-electron chi connectivity index (χ3n) is 4.00. The largest absolute Gasteiger partial charge is 0.462 e. The molecule has 2 rings (SSSR count). The van der Waals surface area contributed by atoms with Crippen molar-refractivity contribution in [2.45, 2.75) is 27.4 Å². The average molecular weight is 421 g/mol. The van der Waals surface area contributed by atoms with Crippen molar-refractivity contribution in [3.63, 3.8) is 0 Å². The van der Waals surface area contributed by atoms with E-state index >= 15 is 0 Å². The smallest absolute Gasteiger partial charge is 0.387 e. The number of ether oxygens (including phenoxy) is 3. The van der Waals surface area contributed by atoms with Crippen molar-refractivity contribution in [3.05, 3.63) is 58.4 Å². The van der Waals surface area contributed by atoms with E-state index in [0.29, 0.717) is 17.0 Å². The summed E-state index contributed by atoms with van der Waals surface area (Å²) >= 11 is 0. The van der Waals surface area contributed by atoms with Gasteiger partial charge in [0.15, 0.2) is 6.61 Å². The summed E-state index contributed by atoms with van der Waals surface area (Å²) in [5.41, 5.74) is 1.74. The van der Waals surface area contributed by atoms with Crippen LogP contribution in [0.15, 0.2) is 30.3 Å². The zero-order valence-corrected chi connectivity index (χ0v) is 16.7. The summed E-state index contributed by atoms with van der Waals surface area (Å²) < 4.78 is 38.4. The molecule has 30 heavy (non-hydrogen) atoms. The van der Waals surface area contributed by atoms with Crippen LogP contribution >= 0.6 is 0 Å². The van der Waals surface area contributed by atoms with Gasteiger partial charge in [-0.05, 0) is 44.5 Å². The SMILES string of the molecule is CCOC(=O)c1c(C)[nH]c(C)c1C(=O)COC(=O)C=Cc1ccc(OC(F)F)cc1. The lowest BCUT2D eigenvalue weighted by Crippen LogP contribution is -2.17. The number of esters is 2. The Kier molecular flexibility index (Phi) is 7.85. The number of nitrogens with one attached hydrogen (secondary N) is 1. The molecule has 0 spiro atoms. The number of ketones is 1. The first kappa shape index (κ1) is 22.8. The van der Waals surface area contributed by atoms with Gasteiger partial charge in [-0.2, -0.15) is 8.78 Å². The number of aryl methyl sites for hydroxylation is 2. The number of Topliss-reactive ketones (excluding diaryl/α,β-unsaturated/α-hetero) is 1. The van der Waals surface area contributed by atoms with E-state index in [-0.39, 0.29) is 23.5 Å². The molecular weight excluding hydrogens is 400 g/mol. The zero-order valence-electron chi connectivity index (χ0n) is 16.7. The van der Waals surface area contributed by atoms with Crippen LogP contribution in [0.3, 0.4) is 0 Å². The number of halogens is 2. The van der Waals surface area contributed by atoms with E-state index in [1.165, 1.54) is 30.3 Å². The highest BCUT2D eigenvalue weighted by atomic mass is 19.3. The first-order valence-electron chi connectivity index (χ1n) is 9.02. The molecule has 0 aliphatic rings. The average Bonchev–Trinajstić information content (AvgIpc) is 2.99. The fourth-order valence-corrected chi connectivity index (χ4v) is 2.77. The van der Waals surface area contributed by atoms with Crippen LogP contribution in [0.5, 0.6) is 5.75 Å². The van der Waals surface area contributed by atoms with E-state index in [9.17, 15) is 23.2 Å². The van der Waals surface area contributed by atoms with Crippen molar-refractivity contribution in [1.82, 2.24) is 4.98 Å². The predicted octanol–water partition coefficient (Wildman–Crippen LogP) is 3.85. The molecule has 0 saturated heterocycles. The van der Waals surface area contributed by atoms with Crippen LogP contribution in [0, 0.1) is 13.8 Å². The Morgan fingerprint density at radius 2 is 1.67 bits per heavy atom. The Labute approximate surface area is 171 Å². The van der Waals surface area contributed by atoms with E-state index in [1.54, 1.807) is 20.8 Å². The summed E-state index contributed by atoms with van der Waals surface area (Å²) in [5.74, 6) is -1.97. The van der Waals surface area contributed by atoms with Crippen molar-refractivity contribution in [3.8, 4) is 5.75 Å². The minimum atomic E-state index is -2.92. The van der Waals surface area contributed by atoms with Gasteiger partial charge in [0.1, 0.15) is 5.75 Å². The molecule has 0 aliphatic heterocycles. The fraction of sp³-hybridized carbons (Fsp3) is 0.286. The van der Waals surface area contributed by atoms with Gasteiger partial charge in [0.2, 0.25) is 5.78 Å². The highest BCUT2D eigenvalue weighted by molar-refractivity contribution is 6.09. The molecule has 7 nitrogen and oxygen atoms in total. The van der Waals surface area contributed by atoms with Crippen LogP contribution in [0.4, 0.5) is 8.78 Å². The number of carbonyl (C=O) groups is 3. The van der Waals surface area contributed by atoms with Gasteiger partial charge in [0.25, 0.3) is 0 Å². The van der Waals surface area contributed by atoms with Crippen LogP contribution < -0.4 is 4.74 Å². The maximum Gasteiger partial charge on any atom is 0.387 e. The van der Waals surface area contributed by atoms with Gasteiger partial charge in [-0.25, -0.2) is 9.59 Å². The lowest BCUT2D eigenvalue weighted by molar-refractivity contribution is -0.136. The molecule has 1 heterocycles. The molecule has 1 aromatic carbocycles. The molecule has 0 bridgehead atoms. The van der Waals surface area contributed by atoms with Crippen molar-refractivity contribution >= 4 is 23.8 Å². The van der Waals surface area contributed by atoms with Crippen molar-refractivity contribution in [1.29, 1.82) is 0 Å². The summed E-state index contributed by atoms with van der Waals surface area (Å²) in [6, 6.07) is 5.61. The summed E-state index contributed by atoms with van der Waals surface area (Å²) in [6.07, 6.45) is 2.49. The third kappa shape index (κ3) is 6.00. The third-order valence-corrected chi connectivity index (χ3v) is 4.00. The Bertz CT molecular complexity index is 947. The van der Waals surface area contributed by atoms with Gasteiger partial charge in [0.05, 0.1) is 17.7 Å². The van der Waals surface area contributed by atoms with Gasteiger partial charge in [-0.3, -0.25) is 4.79 Å². The molecule has 0 aliphatic carbocycles. The highest BCUT2D eigenvalue weighted by Gasteiger charge is 2.25. The molecule has 9 heteroatoms. The number of carbonyl (C=O) groups excluding carboxylic acids is 3. The Balaban J connectivity index is 1.99. The number of H-pyrrole nitrogens is 1. The van der Waals surface area contributed by atoms with Crippen molar-refractivity contribution in [2.24, 2.45) is 0 Å². The van der Waals surface area contributed by atoms with E-state index in [4.69, 9.17) is 9.47 Å². The first-order valence-corrected chi connectivity index (χ1v) is 9.02. The Hall–Kier alpha value is -3.49. The van der Waals surface area contributed by atoms with Crippen molar-refractivity contribution < 1.29 is 37.4 Å². The van der Waals surface area contributed by atoms with Gasteiger partial charge in [-0.15, -0.1) is 0 Å². The van der Waals surface area contributed by atoms with Crippen LogP contribution in [0.2, 0.25) is 0 Å². The number of hydrogen-bond acceptors (Lipinski definition) is 6. The maximum atomic E-state index is 12.5. The lowest BCUT2D eigenvalue weighted by atomic mass is 10.1. The molecule has 0 radical (unpaired) electrons. The number of benzene rings is 1. The molecule has 1 N–H and O–H groups in total. The van der Waals surface area contributed by atoms with Gasteiger partial charge < -0.3 is 19.2 Å². The molecule has 0 amide bonds. The quantitative estimate of drug-likeness (QED) is 0.376. The van der Waals surface area contributed by atoms with E-state index < -0.39 is 30.9 Å². The van der Waals surface area contributed by atoms with E-state index in [2.05, 4.69) is 9.72 Å². The number of alkyl halides is 2. The highest BCUT2D eigenvalue weighted by Crippen LogP contribution is 2.20. The van der Waals surface area contributed by atoms with Crippen molar-refractivity contribution in [2.75, 3.05) is 13.2 Å². The first-order chi connectivity index (χ1) is 14.2. The molecule has 0 fully saturated rings. The minimum Gasteiger partial charge on any atom is -0.462 e. The second kappa shape index (κ2) is 10.3. The lowest BCUT2D eigenvalue weighted by Gasteiger charge is -2.06. The van der Waals surface area contributed by atoms with Crippen LogP contribution in [-0.2, 0) is 14.3 Å². The normalized spacial score (nSPS) is 11.0. The molecule has 160 valence electrons. The molecule has 2 aromatic rings. The number of aromatic amines is 1. The summed E-state index contributed by atoms with van der Waals surface area (Å²) in [6.45, 7) is 1.60. The standard InChI is InChI=1S/C21H21F2NO6/c1-4-28-20(27)19-13(3)24-12(2)18(19)16(25)11-29-17(26)10-7-14-5-8-15(9-6-14)30-21(22)23/h5-10,21,24H,4,11H2,1-3H3. The second-order valence-electron chi connectivity index (χ2n) is 6.16. The topological polar surface area (TPSA) is 94.7 Å². The molecule has 0 unspecified atom stereocenters. The second-order valence-corrected chi connectivity index (χ2v) is 6.16. The van der Waals surface area contributed by atoms with Gasteiger partial charge >= 0.3 is 18.6 Å². The summed E-state index contributed by atoms with van der Waals surface area (Å²) in [7, 11) is 0. The zero-order chi connectivity index (χ0) is 22.3. The monoisotopic (exact) mass is 421 g/mol. The Morgan fingerprint density at radius 3 is 2.27 bits per heavy atom. The molecule has 1 aromatic heterocycles. The van der Waals surface area contributed by atoms with Gasteiger partial charge in [0, 0.05) is 17.5 Å². The summed E-state index contributed by atoms with van der Waals surface area (Å²) in [5, 5.41) is 0. The summed E-state index contributed by atoms with van der Waals surface area (Å²) in [4.78, 5) is 39.4. The Morgan fingerprint density at radius 1 is 1.03 bits per heavy atom. The van der Waals surface area contributed by atoms with Crippen LogP contribution in [0.25, 0.3) is 6.08 Å². The number of hydrogen-bond donors (Lipinski definition) is 1. The maximum absolute atomic E-state index is 12.5. The van der Waals surface area contributed by atoms with E-state index in [1.807, 2.05) is 0 Å². The molecular formula is C21H21F2NO6. The van der Waals surface area contributed by atoms with Crippen LogP contribution in [0.1, 0.15) is 44.6 Å². The minimum absolute atomic E-state index is 0.00936. The number of rotatable bonds is 9. The van der Waals surface area contributed by atoms with Gasteiger partial charge in [-0.1, -0.05) is 12.1 Å². The number of aromatic nitrogens is 1. The fourth-order valence-electron chi connectivity index (χ4n) is 2.77.